The number of hydrogen-bond acceptors (Lipinski definition) is 4. The molecule has 6 heteroatoms. The van der Waals surface area contributed by atoms with E-state index in [1.165, 1.54) is 0 Å². The number of fused-ring (bicyclic) bond motifs is 1. The fraction of sp³-hybridized carbons (Fsp3) is 0.280. The third-order valence-electron chi connectivity index (χ3n) is 5.01. The molecule has 4 nitrogen and oxygen atoms in total. The summed E-state index contributed by atoms with van der Waals surface area (Å²) in [5, 5.41) is 0.886. The molecule has 3 rings (SSSR count). The van der Waals surface area contributed by atoms with Crippen molar-refractivity contribution in [3.63, 3.8) is 0 Å². The molecule has 2 unspecified atom stereocenters. The first-order valence-electron chi connectivity index (χ1n) is 10.2. The van der Waals surface area contributed by atoms with E-state index in [0.29, 0.717) is 11.4 Å². The summed E-state index contributed by atoms with van der Waals surface area (Å²) in [4.78, 5) is 17.5. The predicted octanol–water partition coefficient (Wildman–Crippen LogP) is 7.30. The van der Waals surface area contributed by atoms with Crippen LogP contribution in [-0.2, 0) is 16.1 Å². The molecule has 0 radical (unpaired) electrons. The largest absolute Gasteiger partial charge is 0.459 e. The second-order valence-corrected chi connectivity index (χ2v) is 8.74. The van der Waals surface area contributed by atoms with E-state index < -0.39 is 0 Å². The predicted molar refractivity (Wildman–Crippen MR) is 125 cm³/mol. The lowest BCUT2D eigenvalue weighted by molar-refractivity contribution is -0.153. The molecular formula is C25H25Cl2NO3. The summed E-state index contributed by atoms with van der Waals surface area (Å²) >= 11 is 11.6. The zero-order chi connectivity index (χ0) is 22.4. The number of hydrogen-bond donors (Lipinski definition) is 0. The first-order chi connectivity index (χ1) is 14.8. The average Bonchev–Trinajstić information content (AvgIpc) is 2.72. The highest BCUT2D eigenvalue weighted by Gasteiger charge is 2.29. The van der Waals surface area contributed by atoms with Gasteiger partial charge in [0.05, 0.1) is 17.1 Å². The molecule has 0 aliphatic rings. The summed E-state index contributed by atoms with van der Waals surface area (Å²) in [7, 11) is 0. The van der Waals surface area contributed by atoms with Gasteiger partial charge in [-0.05, 0) is 36.1 Å². The van der Waals surface area contributed by atoms with Crippen molar-refractivity contribution in [3.05, 3.63) is 76.9 Å². The Hall–Kier alpha value is -2.56. The van der Waals surface area contributed by atoms with Crippen molar-refractivity contribution >= 4 is 40.1 Å². The number of aromatic nitrogens is 1. The lowest BCUT2D eigenvalue weighted by atomic mass is 9.84. The number of carbonyl (C=O) groups is 1. The molecule has 2 aromatic carbocycles. The van der Waals surface area contributed by atoms with Gasteiger partial charge in [-0.25, -0.2) is 4.98 Å². The molecule has 0 saturated heterocycles. The first kappa shape index (κ1) is 23.1. The van der Waals surface area contributed by atoms with Crippen LogP contribution < -0.4 is 4.74 Å². The number of nitrogens with zero attached hydrogens (tertiary/aromatic N) is 1. The summed E-state index contributed by atoms with van der Waals surface area (Å²) in [6.45, 7) is 5.89. The highest BCUT2D eigenvalue weighted by atomic mass is 35.5. The van der Waals surface area contributed by atoms with Crippen molar-refractivity contribution in [2.45, 2.75) is 27.4 Å². The van der Waals surface area contributed by atoms with Crippen molar-refractivity contribution in [2.24, 2.45) is 17.8 Å². The second-order valence-electron chi connectivity index (χ2n) is 7.74. The normalized spacial score (nSPS) is 13.0. The minimum Gasteiger partial charge on any atom is -0.459 e. The Morgan fingerprint density at radius 3 is 2.39 bits per heavy atom. The van der Waals surface area contributed by atoms with Crippen LogP contribution >= 0.6 is 23.2 Å². The second kappa shape index (κ2) is 10.7. The van der Waals surface area contributed by atoms with E-state index >= 15 is 0 Å². The van der Waals surface area contributed by atoms with Crippen molar-refractivity contribution < 1.29 is 14.3 Å². The number of para-hydroxylation sites is 2. The van der Waals surface area contributed by atoms with Crippen LogP contribution in [0.5, 0.6) is 11.5 Å². The third kappa shape index (κ3) is 6.22. The molecule has 0 bridgehead atoms. The van der Waals surface area contributed by atoms with Crippen LogP contribution in [0.1, 0.15) is 26.5 Å². The first-order valence-corrected chi connectivity index (χ1v) is 10.9. The van der Waals surface area contributed by atoms with Crippen LogP contribution in [0, 0.1) is 17.8 Å². The summed E-state index contributed by atoms with van der Waals surface area (Å²) in [5.41, 5.74) is 1.38. The zero-order valence-corrected chi connectivity index (χ0v) is 19.2. The van der Waals surface area contributed by atoms with Gasteiger partial charge in [0.1, 0.15) is 22.6 Å². The number of halogens is 2. The number of rotatable bonds is 8. The summed E-state index contributed by atoms with van der Waals surface area (Å²) < 4.78 is 11.9. The zero-order valence-electron chi connectivity index (χ0n) is 17.7. The maximum atomic E-state index is 12.8. The van der Waals surface area contributed by atoms with Crippen molar-refractivity contribution in [1.82, 2.24) is 4.98 Å². The number of esters is 1. The Morgan fingerprint density at radius 2 is 1.71 bits per heavy atom. The highest BCUT2D eigenvalue weighted by Crippen LogP contribution is 2.31. The van der Waals surface area contributed by atoms with Crippen LogP contribution in [0.4, 0.5) is 0 Å². The van der Waals surface area contributed by atoms with Gasteiger partial charge >= 0.3 is 5.97 Å². The molecule has 0 amide bonds. The number of allylic oxidation sites excluding steroid dienone is 1. The van der Waals surface area contributed by atoms with Gasteiger partial charge in [0.2, 0.25) is 0 Å². The summed E-state index contributed by atoms with van der Waals surface area (Å²) in [6.07, 6.45) is 1.66. The molecule has 1 heterocycles. The van der Waals surface area contributed by atoms with Gasteiger partial charge in [0.15, 0.2) is 0 Å². The Balaban J connectivity index is 1.82. The Labute approximate surface area is 192 Å². The van der Waals surface area contributed by atoms with Crippen LogP contribution in [0.25, 0.3) is 10.9 Å². The van der Waals surface area contributed by atoms with E-state index in [2.05, 4.69) is 4.98 Å². The van der Waals surface area contributed by atoms with Crippen LogP contribution in [0.15, 0.2) is 71.2 Å². The van der Waals surface area contributed by atoms with E-state index in [9.17, 15) is 4.79 Å². The van der Waals surface area contributed by atoms with E-state index in [0.717, 1.165) is 16.7 Å². The molecular weight excluding hydrogens is 433 g/mol. The minimum atomic E-state index is -0.368. The van der Waals surface area contributed by atoms with Crippen molar-refractivity contribution in [1.29, 1.82) is 0 Å². The van der Waals surface area contributed by atoms with E-state index in [1.807, 2.05) is 81.4 Å². The van der Waals surface area contributed by atoms with E-state index in [1.54, 1.807) is 6.08 Å². The molecule has 0 aliphatic heterocycles. The van der Waals surface area contributed by atoms with Gasteiger partial charge in [-0.1, -0.05) is 80.4 Å². The third-order valence-corrected chi connectivity index (χ3v) is 5.26. The number of benzene rings is 2. The molecule has 0 saturated carbocycles. The Morgan fingerprint density at radius 1 is 1.03 bits per heavy atom. The molecule has 31 heavy (non-hydrogen) atoms. The standard InChI is InChI=1S/C25H25Cl2NO3/c1-16(2)24(17(3)13-23(26)27)25(29)30-15-18-14-22(31-19-9-5-4-6-10-19)20-11-7-8-12-21(20)28-18/h4-14,16-17,24H,15H2,1-3H3. The van der Waals surface area contributed by atoms with E-state index in [4.69, 9.17) is 32.7 Å². The molecule has 3 aromatic rings. The number of pyridine rings is 1. The molecule has 1 aromatic heterocycles. The van der Waals surface area contributed by atoms with Gasteiger partial charge in [0.25, 0.3) is 0 Å². The van der Waals surface area contributed by atoms with Crippen LogP contribution in [-0.4, -0.2) is 11.0 Å². The fourth-order valence-corrected chi connectivity index (χ4v) is 4.00. The SMILES string of the molecule is CC(C)C(C(=O)OCc1cc(Oc2ccccc2)c2ccccc2n1)C(C)C=C(Cl)Cl. The van der Waals surface area contributed by atoms with Crippen molar-refractivity contribution in [2.75, 3.05) is 0 Å². The Kier molecular flexibility index (Phi) is 7.94. The fourth-order valence-electron chi connectivity index (χ4n) is 3.61. The lowest BCUT2D eigenvalue weighted by Gasteiger charge is -2.23. The van der Waals surface area contributed by atoms with Gasteiger partial charge in [0, 0.05) is 11.5 Å². The van der Waals surface area contributed by atoms with Gasteiger partial charge in [-0.3, -0.25) is 4.79 Å². The van der Waals surface area contributed by atoms with Crippen molar-refractivity contribution in [3.8, 4) is 11.5 Å². The maximum Gasteiger partial charge on any atom is 0.310 e. The van der Waals surface area contributed by atoms with Gasteiger partial charge in [-0.2, -0.15) is 0 Å². The maximum absolute atomic E-state index is 12.8. The Bertz CT molecular complexity index is 1060. The molecule has 162 valence electrons. The minimum absolute atomic E-state index is 0.0447. The molecule has 0 aliphatic carbocycles. The smallest absolute Gasteiger partial charge is 0.310 e. The number of carbonyl (C=O) groups excluding carboxylic acids is 1. The molecule has 0 N–H and O–H groups in total. The lowest BCUT2D eigenvalue weighted by Crippen LogP contribution is -2.28. The van der Waals surface area contributed by atoms with Crippen LogP contribution in [0.3, 0.4) is 0 Å². The number of ether oxygens (including phenoxy) is 2. The quantitative estimate of drug-likeness (QED) is 0.333. The topological polar surface area (TPSA) is 48.4 Å². The monoisotopic (exact) mass is 457 g/mol. The summed E-state index contributed by atoms with van der Waals surface area (Å²) in [5.74, 6) is 0.613. The molecule has 2 atom stereocenters. The molecule has 0 fully saturated rings. The highest BCUT2D eigenvalue weighted by molar-refractivity contribution is 6.55. The summed E-state index contributed by atoms with van der Waals surface area (Å²) in [6, 6.07) is 19.1. The van der Waals surface area contributed by atoms with Gasteiger partial charge < -0.3 is 9.47 Å². The molecule has 0 spiro atoms. The van der Waals surface area contributed by atoms with E-state index in [-0.39, 0.29) is 34.8 Å². The van der Waals surface area contributed by atoms with Crippen LogP contribution in [0.2, 0.25) is 0 Å². The van der Waals surface area contributed by atoms with Gasteiger partial charge in [-0.15, -0.1) is 0 Å². The average molecular weight is 458 g/mol.